The van der Waals surface area contributed by atoms with Crippen molar-refractivity contribution in [1.82, 2.24) is 5.01 Å². The molecule has 0 aromatic rings. The van der Waals surface area contributed by atoms with E-state index in [1.165, 1.54) is 5.71 Å². The van der Waals surface area contributed by atoms with Crippen molar-refractivity contribution < 1.29 is 50.9 Å². The normalized spacial score (nSPS) is 32.5. The molecule has 3 rings (SSSR count). The number of hydrogen-bond acceptors (Lipinski definition) is 7. The van der Waals surface area contributed by atoms with Crippen LogP contribution in [-0.4, -0.2) is 63.5 Å². The summed E-state index contributed by atoms with van der Waals surface area (Å²) in [6.07, 6.45) is 8.82. The Labute approximate surface area is 197 Å². The summed E-state index contributed by atoms with van der Waals surface area (Å²) < 4.78 is 48.9. The number of rotatable bonds is 7. The van der Waals surface area contributed by atoms with Crippen molar-refractivity contribution >= 4 is 38.5 Å². The molecule has 0 radical (unpaired) electrons. The summed E-state index contributed by atoms with van der Waals surface area (Å²) in [5.41, 5.74) is 1.33. The van der Waals surface area contributed by atoms with Gasteiger partial charge in [0.15, 0.2) is 11.1 Å². The predicted molar refractivity (Wildman–Crippen MR) is 105 cm³/mol. The van der Waals surface area contributed by atoms with Crippen LogP contribution < -0.4 is 29.6 Å². The predicted octanol–water partition coefficient (Wildman–Crippen LogP) is -0.614. The molecule has 1 aliphatic heterocycles. The topological polar surface area (TPSA) is 99.1 Å². The van der Waals surface area contributed by atoms with E-state index in [0.717, 1.165) is 64.3 Å². The van der Waals surface area contributed by atoms with E-state index in [0.29, 0.717) is 17.3 Å². The third-order valence-corrected chi connectivity index (χ3v) is 8.37. The van der Waals surface area contributed by atoms with Gasteiger partial charge in [-0.3, -0.25) is 9.19 Å². The smallest absolute Gasteiger partial charge is 0.748 e. The molecule has 0 bridgehead atoms. The molecule has 156 valence electrons. The molecular weight excluding hydrogens is 435 g/mol. The summed E-state index contributed by atoms with van der Waals surface area (Å²) in [4.78, 5) is 0. The summed E-state index contributed by atoms with van der Waals surface area (Å²) in [6, 6.07) is 0.377. The van der Waals surface area contributed by atoms with Gasteiger partial charge >= 0.3 is 29.6 Å². The average Bonchev–Trinajstić information content (AvgIpc) is 3.11. The van der Waals surface area contributed by atoms with Gasteiger partial charge in [0.2, 0.25) is 0 Å². The second-order valence-electron chi connectivity index (χ2n) is 7.73. The van der Waals surface area contributed by atoms with Crippen LogP contribution in [0, 0.1) is 5.92 Å². The quantitative estimate of drug-likeness (QED) is 0.284. The van der Waals surface area contributed by atoms with E-state index >= 15 is 0 Å². The number of hydrogen-bond donors (Lipinski definition) is 0. The first-order valence-corrected chi connectivity index (χ1v) is 12.9. The minimum atomic E-state index is -4.33. The minimum Gasteiger partial charge on any atom is -0.748 e. The molecule has 28 heavy (non-hydrogen) atoms. The molecule has 0 aromatic carbocycles. The monoisotopic (exact) mass is 462 g/mol. The second kappa shape index (κ2) is 11.4. The van der Waals surface area contributed by atoms with Gasteiger partial charge in [-0.1, -0.05) is 0 Å². The molecule has 0 saturated heterocycles. The second-order valence-corrected chi connectivity index (χ2v) is 11.3. The van der Waals surface area contributed by atoms with Gasteiger partial charge in [0, 0.05) is 30.1 Å². The number of alkyl halides is 1. The van der Waals surface area contributed by atoms with Crippen molar-refractivity contribution in [1.29, 1.82) is 0 Å². The van der Waals surface area contributed by atoms with Crippen molar-refractivity contribution in [3.8, 4) is 0 Å². The molecule has 0 amide bonds. The van der Waals surface area contributed by atoms with Crippen molar-refractivity contribution in [2.24, 2.45) is 11.0 Å². The molecule has 0 aromatic heterocycles. The van der Waals surface area contributed by atoms with Crippen molar-refractivity contribution in [3.05, 3.63) is 0 Å². The average molecular weight is 463 g/mol. The Morgan fingerprint density at radius 3 is 2.39 bits per heavy atom. The third-order valence-electron chi connectivity index (χ3n) is 5.85. The Morgan fingerprint density at radius 2 is 1.79 bits per heavy atom. The molecule has 0 N–H and O–H groups in total. The van der Waals surface area contributed by atoms with Crippen LogP contribution in [0.2, 0.25) is 0 Å². The van der Waals surface area contributed by atoms with Gasteiger partial charge in [0.05, 0.1) is 27.7 Å². The number of halogens is 1. The first kappa shape index (κ1) is 25.0. The fourth-order valence-electron chi connectivity index (χ4n) is 4.28. The Morgan fingerprint density at radius 1 is 1.14 bits per heavy atom. The molecule has 11 heteroatoms. The van der Waals surface area contributed by atoms with Crippen LogP contribution in [0.1, 0.15) is 57.8 Å². The van der Waals surface area contributed by atoms with Gasteiger partial charge in [-0.25, -0.2) is 12.6 Å². The summed E-state index contributed by atoms with van der Waals surface area (Å²) in [7, 11) is -4.33. The maximum absolute atomic E-state index is 12.1. The first-order chi connectivity index (χ1) is 12.8. The maximum Gasteiger partial charge on any atom is 1.00 e. The maximum atomic E-state index is 12.1. The minimum absolute atomic E-state index is 0. The van der Waals surface area contributed by atoms with Gasteiger partial charge < -0.3 is 4.55 Å². The zero-order valence-corrected chi connectivity index (χ0v) is 20.8. The van der Waals surface area contributed by atoms with Crippen LogP contribution in [0.5, 0.6) is 0 Å². The first-order valence-electron chi connectivity index (χ1n) is 9.77. The fraction of sp³-hybridized carbons (Fsp3) is 0.941. The summed E-state index contributed by atoms with van der Waals surface area (Å²) in [5.74, 6) is -0.0510. The number of hydrazone groups is 1. The molecule has 3 aliphatic rings. The SMILES string of the molecule is O=S(OCCS(=O)(=O)[O-])C1CCC(N2CCC(C3CCC(Cl)CC3)=N2)CC1.[Na+]. The van der Waals surface area contributed by atoms with Gasteiger partial charge in [-0.05, 0) is 57.3 Å². The molecule has 2 aliphatic carbocycles. The van der Waals surface area contributed by atoms with E-state index in [2.05, 4.69) is 5.01 Å². The van der Waals surface area contributed by atoms with Crippen LogP contribution in [-0.2, 0) is 25.4 Å². The van der Waals surface area contributed by atoms with Crippen molar-refractivity contribution in [2.75, 3.05) is 18.9 Å². The zero-order valence-electron chi connectivity index (χ0n) is 16.4. The standard InChI is InChI=1S/C17H29ClN2O5S2.Na/c18-14-3-1-13(2-4-14)17-9-10-20(19-17)15-5-7-16(8-6-15)26(21)25-11-12-27(22,23)24;/h13-16H,1-12H2,(H,22,23,24);/q;+1/p-1. The Kier molecular flexibility index (Phi) is 10.2. The zero-order chi connectivity index (χ0) is 19.4. The Balaban J connectivity index is 0.00000280. The molecule has 1 heterocycles. The van der Waals surface area contributed by atoms with Gasteiger partial charge in [-0.2, -0.15) is 5.10 Å². The molecule has 7 nitrogen and oxygen atoms in total. The molecule has 1 unspecified atom stereocenters. The number of nitrogens with zero attached hydrogens (tertiary/aromatic N) is 2. The summed E-state index contributed by atoms with van der Waals surface area (Å²) in [5, 5.41) is 7.35. The van der Waals surface area contributed by atoms with E-state index in [1.54, 1.807) is 0 Å². The van der Waals surface area contributed by atoms with E-state index < -0.39 is 27.0 Å². The molecule has 2 fully saturated rings. The van der Waals surface area contributed by atoms with Crippen LogP contribution >= 0.6 is 11.6 Å². The van der Waals surface area contributed by atoms with E-state index in [1.807, 2.05) is 0 Å². The Bertz CT molecular complexity index is 662. The van der Waals surface area contributed by atoms with Crippen LogP contribution in [0.25, 0.3) is 0 Å². The van der Waals surface area contributed by atoms with E-state index in [4.69, 9.17) is 20.9 Å². The fourth-order valence-corrected chi connectivity index (χ4v) is 6.02. The van der Waals surface area contributed by atoms with Crippen LogP contribution in [0.4, 0.5) is 0 Å². The van der Waals surface area contributed by atoms with E-state index in [-0.39, 0.29) is 41.4 Å². The van der Waals surface area contributed by atoms with Gasteiger partial charge in [-0.15, -0.1) is 11.6 Å². The van der Waals surface area contributed by atoms with Crippen molar-refractivity contribution in [3.63, 3.8) is 0 Å². The van der Waals surface area contributed by atoms with Crippen molar-refractivity contribution in [2.45, 2.75) is 74.5 Å². The molecular formula is C17H28ClN2NaO5S2. The Hall–Kier alpha value is 0.780. The van der Waals surface area contributed by atoms with Gasteiger partial charge in [0.1, 0.15) is 0 Å². The summed E-state index contributed by atoms with van der Waals surface area (Å²) >= 11 is 4.66. The van der Waals surface area contributed by atoms with Crippen LogP contribution in [0.3, 0.4) is 0 Å². The molecule has 0 spiro atoms. The third kappa shape index (κ3) is 7.48. The molecule has 1 atom stereocenters. The summed E-state index contributed by atoms with van der Waals surface area (Å²) in [6.45, 7) is 0.662. The van der Waals surface area contributed by atoms with Gasteiger partial charge in [0.25, 0.3) is 0 Å². The van der Waals surface area contributed by atoms with E-state index in [9.17, 15) is 17.2 Å². The molecule has 2 saturated carbocycles. The van der Waals surface area contributed by atoms with Crippen LogP contribution in [0.15, 0.2) is 5.10 Å². The largest absolute Gasteiger partial charge is 1.00 e.